The molecule has 2 aromatic heterocycles. The highest BCUT2D eigenvalue weighted by Gasteiger charge is 2.14. The minimum Gasteiger partial charge on any atom is -0.369 e. The van der Waals surface area contributed by atoms with Gasteiger partial charge in [0.2, 0.25) is 5.95 Å². The van der Waals surface area contributed by atoms with Gasteiger partial charge in [0.15, 0.2) is 0 Å². The summed E-state index contributed by atoms with van der Waals surface area (Å²) in [7, 11) is 0. The molecule has 6 heteroatoms. The second kappa shape index (κ2) is 8.61. The van der Waals surface area contributed by atoms with E-state index in [9.17, 15) is 0 Å². The average Bonchev–Trinajstić information content (AvgIpc) is 3.13. The van der Waals surface area contributed by atoms with Gasteiger partial charge in [-0.3, -0.25) is 0 Å². The fraction of sp³-hybridized carbons (Fsp3) is 0.455. The summed E-state index contributed by atoms with van der Waals surface area (Å²) >= 11 is 0. The van der Waals surface area contributed by atoms with Crippen LogP contribution in [0.5, 0.6) is 0 Å². The molecule has 4 rings (SSSR count). The highest BCUT2D eigenvalue weighted by atomic mass is 15.2. The first-order chi connectivity index (χ1) is 13.8. The van der Waals surface area contributed by atoms with Crippen LogP contribution in [0.2, 0.25) is 0 Å². The van der Waals surface area contributed by atoms with Crippen LogP contribution in [-0.4, -0.2) is 47.3 Å². The van der Waals surface area contributed by atoms with Crippen LogP contribution in [0, 0.1) is 0 Å². The van der Waals surface area contributed by atoms with Crippen molar-refractivity contribution in [1.29, 1.82) is 0 Å². The minimum absolute atomic E-state index is 0.717. The number of rotatable bonds is 7. The van der Waals surface area contributed by atoms with Gasteiger partial charge in [-0.05, 0) is 31.0 Å². The maximum absolute atomic E-state index is 4.78. The lowest BCUT2D eigenvalue weighted by Gasteiger charge is -2.29. The van der Waals surface area contributed by atoms with E-state index in [1.807, 2.05) is 6.20 Å². The van der Waals surface area contributed by atoms with E-state index in [2.05, 4.69) is 69.4 Å². The summed E-state index contributed by atoms with van der Waals surface area (Å²) in [5.74, 6) is 0.717. The Kier molecular flexibility index (Phi) is 5.76. The molecular formula is C22H30N6. The molecule has 0 unspecified atom stereocenters. The van der Waals surface area contributed by atoms with E-state index < -0.39 is 0 Å². The topological polar surface area (TPSA) is 58.0 Å². The SMILES string of the molecule is CCCCNc1ncc2c(-c3ccc(N4CCNCC4)cc3)cn(CC)c2n1. The summed E-state index contributed by atoms with van der Waals surface area (Å²) in [6.07, 6.45) is 6.45. The van der Waals surface area contributed by atoms with Crippen LogP contribution in [0.4, 0.5) is 11.6 Å². The number of benzene rings is 1. The molecule has 6 nitrogen and oxygen atoms in total. The Hall–Kier alpha value is -2.60. The molecule has 148 valence electrons. The van der Waals surface area contributed by atoms with Gasteiger partial charge in [-0.25, -0.2) is 4.98 Å². The minimum atomic E-state index is 0.717. The van der Waals surface area contributed by atoms with Crippen molar-refractivity contribution < 1.29 is 0 Å². The zero-order valence-electron chi connectivity index (χ0n) is 16.9. The lowest BCUT2D eigenvalue weighted by atomic mass is 10.1. The van der Waals surface area contributed by atoms with E-state index in [0.717, 1.165) is 63.1 Å². The average molecular weight is 379 g/mol. The molecule has 1 fully saturated rings. The number of hydrogen-bond donors (Lipinski definition) is 2. The van der Waals surface area contributed by atoms with E-state index in [1.54, 1.807) is 0 Å². The Morgan fingerprint density at radius 3 is 2.61 bits per heavy atom. The number of unbranched alkanes of at least 4 members (excludes halogenated alkanes) is 1. The van der Waals surface area contributed by atoms with Crippen molar-refractivity contribution in [3.8, 4) is 11.1 Å². The zero-order chi connectivity index (χ0) is 19.3. The monoisotopic (exact) mass is 378 g/mol. The predicted molar refractivity (Wildman–Crippen MR) is 117 cm³/mol. The van der Waals surface area contributed by atoms with Crippen molar-refractivity contribution in [3.05, 3.63) is 36.7 Å². The van der Waals surface area contributed by atoms with Gasteiger partial charge in [0.05, 0.1) is 0 Å². The summed E-state index contributed by atoms with van der Waals surface area (Å²) in [5, 5.41) is 7.85. The van der Waals surface area contributed by atoms with Gasteiger partial charge in [-0.2, -0.15) is 4.98 Å². The predicted octanol–water partition coefficient (Wildman–Crippen LogP) is 3.74. The van der Waals surface area contributed by atoms with Gasteiger partial charge in [-0.15, -0.1) is 0 Å². The molecule has 0 radical (unpaired) electrons. The van der Waals surface area contributed by atoms with Gasteiger partial charge in [0, 0.05) is 68.3 Å². The normalized spacial score (nSPS) is 14.6. The molecule has 0 spiro atoms. The standard InChI is InChI=1S/C22H30N6/c1-3-5-10-24-22-25-15-19-20(16-27(4-2)21(19)26-22)17-6-8-18(9-7-17)28-13-11-23-12-14-28/h6-9,15-16,23H,3-5,10-14H2,1-2H3,(H,24,25,26). The quantitative estimate of drug-likeness (QED) is 0.614. The third-order valence-corrected chi connectivity index (χ3v) is 5.43. The molecule has 3 heterocycles. The van der Waals surface area contributed by atoms with Crippen molar-refractivity contribution >= 4 is 22.7 Å². The van der Waals surface area contributed by atoms with Crippen LogP contribution in [0.1, 0.15) is 26.7 Å². The van der Waals surface area contributed by atoms with Crippen molar-refractivity contribution in [2.45, 2.75) is 33.2 Å². The van der Waals surface area contributed by atoms with E-state index in [1.165, 1.54) is 16.8 Å². The number of aryl methyl sites for hydroxylation is 1. The number of hydrogen-bond acceptors (Lipinski definition) is 5. The number of fused-ring (bicyclic) bond motifs is 1. The van der Waals surface area contributed by atoms with Gasteiger partial charge in [-0.1, -0.05) is 25.5 Å². The molecule has 0 amide bonds. The third kappa shape index (κ3) is 3.83. The summed E-state index contributed by atoms with van der Waals surface area (Å²) in [6.45, 7) is 10.4. The highest BCUT2D eigenvalue weighted by Crippen LogP contribution is 2.31. The Balaban J connectivity index is 1.62. The van der Waals surface area contributed by atoms with Crippen LogP contribution >= 0.6 is 0 Å². The molecule has 28 heavy (non-hydrogen) atoms. The van der Waals surface area contributed by atoms with Crippen LogP contribution in [0.15, 0.2) is 36.7 Å². The van der Waals surface area contributed by atoms with E-state index >= 15 is 0 Å². The Labute approximate surface area is 167 Å². The molecule has 1 aliphatic rings. The number of aromatic nitrogens is 3. The molecule has 3 aromatic rings. The molecule has 0 saturated carbocycles. The molecular weight excluding hydrogens is 348 g/mol. The summed E-state index contributed by atoms with van der Waals surface area (Å²) in [4.78, 5) is 11.8. The Morgan fingerprint density at radius 1 is 1.11 bits per heavy atom. The van der Waals surface area contributed by atoms with Gasteiger partial charge >= 0.3 is 0 Å². The van der Waals surface area contributed by atoms with Crippen molar-refractivity contribution in [3.63, 3.8) is 0 Å². The van der Waals surface area contributed by atoms with E-state index in [0.29, 0.717) is 5.95 Å². The van der Waals surface area contributed by atoms with Gasteiger partial charge in [0.1, 0.15) is 5.65 Å². The second-order valence-electron chi connectivity index (χ2n) is 7.32. The van der Waals surface area contributed by atoms with Crippen LogP contribution in [-0.2, 0) is 6.54 Å². The largest absolute Gasteiger partial charge is 0.369 e. The molecule has 2 N–H and O–H groups in total. The summed E-state index contributed by atoms with van der Waals surface area (Å²) in [5.41, 5.74) is 4.70. The Bertz CT molecular complexity index is 909. The van der Waals surface area contributed by atoms with Crippen molar-refractivity contribution in [1.82, 2.24) is 19.9 Å². The van der Waals surface area contributed by atoms with Crippen molar-refractivity contribution in [2.24, 2.45) is 0 Å². The molecule has 0 aliphatic carbocycles. The van der Waals surface area contributed by atoms with Crippen LogP contribution in [0.25, 0.3) is 22.2 Å². The summed E-state index contributed by atoms with van der Waals surface area (Å²) in [6, 6.07) is 8.91. The lowest BCUT2D eigenvalue weighted by molar-refractivity contribution is 0.589. The molecule has 1 saturated heterocycles. The molecule has 1 aromatic carbocycles. The van der Waals surface area contributed by atoms with Gasteiger partial charge in [0.25, 0.3) is 0 Å². The molecule has 1 aliphatic heterocycles. The first kappa shape index (κ1) is 18.7. The van der Waals surface area contributed by atoms with E-state index in [-0.39, 0.29) is 0 Å². The van der Waals surface area contributed by atoms with Gasteiger partial charge < -0.3 is 20.1 Å². The van der Waals surface area contributed by atoms with Crippen LogP contribution < -0.4 is 15.5 Å². The number of anilines is 2. The third-order valence-electron chi connectivity index (χ3n) is 5.43. The number of nitrogens with zero attached hydrogens (tertiary/aromatic N) is 4. The highest BCUT2D eigenvalue weighted by molar-refractivity contribution is 5.94. The lowest BCUT2D eigenvalue weighted by Crippen LogP contribution is -2.43. The first-order valence-corrected chi connectivity index (χ1v) is 10.5. The van der Waals surface area contributed by atoms with Crippen LogP contribution in [0.3, 0.4) is 0 Å². The maximum Gasteiger partial charge on any atom is 0.224 e. The second-order valence-corrected chi connectivity index (χ2v) is 7.32. The zero-order valence-corrected chi connectivity index (χ0v) is 16.9. The molecule has 0 bridgehead atoms. The molecule has 0 atom stereocenters. The number of nitrogens with one attached hydrogen (secondary N) is 2. The summed E-state index contributed by atoms with van der Waals surface area (Å²) < 4.78 is 2.21. The van der Waals surface area contributed by atoms with Crippen molar-refractivity contribution in [2.75, 3.05) is 42.9 Å². The van der Waals surface area contributed by atoms with E-state index in [4.69, 9.17) is 4.98 Å². The Morgan fingerprint density at radius 2 is 1.89 bits per heavy atom. The first-order valence-electron chi connectivity index (χ1n) is 10.5. The smallest absolute Gasteiger partial charge is 0.224 e. The fourth-order valence-corrected chi connectivity index (χ4v) is 3.78. The number of piperazine rings is 1. The maximum atomic E-state index is 4.78. The fourth-order valence-electron chi connectivity index (χ4n) is 3.78.